The first-order valence-electron chi connectivity index (χ1n) is 5.69. The van der Waals surface area contributed by atoms with Gasteiger partial charge >= 0.3 is 5.30 Å². The second-order valence-electron chi connectivity index (χ2n) is 4.87. The number of carbonyl (C=O) groups excluding carboxylic acids is 1. The molecule has 0 saturated heterocycles. The Hall–Kier alpha value is -0.790. The van der Waals surface area contributed by atoms with Crippen molar-refractivity contribution in [2.75, 3.05) is 18.0 Å². The molecular weight excluding hydrogens is 270 g/mol. The first-order valence-corrected chi connectivity index (χ1v) is 8.29. The Labute approximate surface area is 114 Å². The number of anilines is 1. The first-order chi connectivity index (χ1) is 8.31. The van der Waals surface area contributed by atoms with E-state index in [9.17, 15) is 4.79 Å². The van der Waals surface area contributed by atoms with Gasteiger partial charge in [0.05, 0.1) is 5.69 Å². The Kier molecular flexibility index (Phi) is 5.43. The van der Waals surface area contributed by atoms with Crippen molar-refractivity contribution in [2.24, 2.45) is 5.73 Å². The number of hydrogen-bond donors (Lipinski definition) is 3. The molecule has 0 bridgehead atoms. The van der Waals surface area contributed by atoms with Gasteiger partial charge in [-0.05, 0) is 26.5 Å². The van der Waals surface area contributed by atoms with E-state index in [1.54, 1.807) is 0 Å². The number of rotatable bonds is 4. The summed E-state index contributed by atoms with van der Waals surface area (Å²) in [5.74, 6) is 1.25. The Morgan fingerprint density at radius 3 is 2.67 bits per heavy atom. The average Bonchev–Trinajstić information content (AvgIpc) is 2.61. The summed E-state index contributed by atoms with van der Waals surface area (Å²) in [6.07, 6.45) is 0. The highest BCUT2D eigenvalue weighted by atomic mass is 32.2. The molecule has 104 valence electrons. The average molecular weight is 291 g/mol. The Morgan fingerprint density at radius 2 is 2.22 bits per heavy atom. The molecule has 0 aromatic carbocycles. The van der Waals surface area contributed by atoms with Crippen molar-refractivity contribution in [3.8, 4) is 0 Å². The maximum atomic E-state index is 12.1. The summed E-state index contributed by atoms with van der Waals surface area (Å²) in [4.78, 5) is 16.2. The van der Waals surface area contributed by atoms with Gasteiger partial charge in [0, 0.05) is 17.7 Å². The molecule has 5 nitrogen and oxygen atoms in total. The zero-order valence-corrected chi connectivity index (χ0v) is 12.7. The number of thiol groups is 1. The molecule has 4 N–H and O–H groups in total. The third-order valence-electron chi connectivity index (χ3n) is 1.97. The highest BCUT2D eigenvalue weighted by Gasteiger charge is 2.22. The number of hydrogen-bond acceptors (Lipinski definition) is 6. The topological polar surface area (TPSA) is 91.2 Å². The second kappa shape index (κ2) is 6.40. The minimum atomic E-state index is -0.947. The fourth-order valence-electron chi connectivity index (χ4n) is 1.31. The van der Waals surface area contributed by atoms with Crippen LogP contribution in [0.4, 0.5) is 9.93 Å². The van der Waals surface area contributed by atoms with Crippen molar-refractivity contribution < 1.29 is 9.53 Å². The molecule has 0 aliphatic carbocycles. The SMILES string of the molecule is CC(C)(C)OC(=O)[SH](CCN)Cc1csc(N)n1. The van der Waals surface area contributed by atoms with Crippen LogP contribution in [0.2, 0.25) is 0 Å². The van der Waals surface area contributed by atoms with Crippen LogP contribution in [0.1, 0.15) is 26.5 Å². The lowest BCUT2D eigenvalue weighted by atomic mass is 10.2. The number of nitrogen functional groups attached to an aromatic ring is 1. The van der Waals surface area contributed by atoms with Crippen molar-refractivity contribution in [1.82, 2.24) is 4.98 Å². The van der Waals surface area contributed by atoms with Crippen molar-refractivity contribution in [1.29, 1.82) is 0 Å². The minimum absolute atomic E-state index is 0.158. The lowest BCUT2D eigenvalue weighted by molar-refractivity contribution is 0.0733. The van der Waals surface area contributed by atoms with E-state index in [1.165, 1.54) is 11.3 Å². The monoisotopic (exact) mass is 291 g/mol. The van der Waals surface area contributed by atoms with Gasteiger partial charge in [-0.25, -0.2) is 9.78 Å². The number of nitrogens with zero attached hydrogens (tertiary/aromatic N) is 1. The van der Waals surface area contributed by atoms with Gasteiger partial charge in [0.1, 0.15) is 5.60 Å². The summed E-state index contributed by atoms with van der Waals surface area (Å²) in [7, 11) is -0.947. The van der Waals surface area contributed by atoms with Gasteiger partial charge in [0.25, 0.3) is 0 Å². The van der Waals surface area contributed by atoms with E-state index in [0.29, 0.717) is 23.2 Å². The second-order valence-corrected chi connectivity index (χ2v) is 7.97. The van der Waals surface area contributed by atoms with Crippen LogP contribution in [0.15, 0.2) is 5.38 Å². The van der Waals surface area contributed by atoms with Crippen LogP contribution >= 0.6 is 22.2 Å². The van der Waals surface area contributed by atoms with Gasteiger partial charge in [-0.1, -0.05) is 0 Å². The number of ether oxygens (including phenoxy) is 1. The molecule has 0 aliphatic rings. The highest BCUT2D eigenvalue weighted by molar-refractivity contribution is 8.28. The molecule has 1 heterocycles. The largest absolute Gasteiger partial charge is 0.453 e. The van der Waals surface area contributed by atoms with E-state index >= 15 is 0 Å². The number of thiazole rings is 1. The van der Waals surface area contributed by atoms with Gasteiger partial charge in [-0.2, -0.15) is 0 Å². The Balaban J connectivity index is 2.67. The summed E-state index contributed by atoms with van der Waals surface area (Å²) in [5.41, 5.74) is 11.5. The highest BCUT2D eigenvalue weighted by Crippen LogP contribution is 2.34. The van der Waals surface area contributed by atoms with Crippen LogP contribution in [0.25, 0.3) is 0 Å². The summed E-state index contributed by atoms with van der Waals surface area (Å²) in [6.45, 7) is 6.07. The van der Waals surface area contributed by atoms with Crippen molar-refractivity contribution in [3.63, 3.8) is 0 Å². The molecule has 18 heavy (non-hydrogen) atoms. The van der Waals surface area contributed by atoms with E-state index in [0.717, 1.165) is 5.69 Å². The molecule has 0 radical (unpaired) electrons. The summed E-state index contributed by atoms with van der Waals surface area (Å²) in [6, 6.07) is 0. The van der Waals surface area contributed by atoms with Crippen LogP contribution in [-0.2, 0) is 10.5 Å². The molecule has 1 atom stereocenters. The Morgan fingerprint density at radius 1 is 1.56 bits per heavy atom. The predicted molar refractivity (Wildman–Crippen MR) is 79.4 cm³/mol. The fraction of sp³-hybridized carbons (Fsp3) is 0.636. The minimum Gasteiger partial charge on any atom is -0.453 e. The summed E-state index contributed by atoms with van der Waals surface area (Å²) >= 11 is 1.38. The van der Waals surface area contributed by atoms with Gasteiger partial charge in [-0.15, -0.1) is 22.2 Å². The van der Waals surface area contributed by atoms with Gasteiger partial charge in [0.15, 0.2) is 5.13 Å². The van der Waals surface area contributed by atoms with Crippen LogP contribution in [0, 0.1) is 0 Å². The van der Waals surface area contributed by atoms with E-state index in [-0.39, 0.29) is 5.30 Å². The van der Waals surface area contributed by atoms with Gasteiger partial charge < -0.3 is 16.2 Å². The maximum absolute atomic E-state index is 12.1. The van der Waals surface area contributed by atoms with E-state index < -0.39 is 16.5 Å². The fourth-order valence-corrected chi connectivity index (χ4v) is 3.73. The molecule has 1 unspecified atom stereocenters. The number of aromatic nitrogens is 1. The number of carbonyl (C=O) groups is 1. The van der Waals surface area contributed by atoms with E-state index in [1.807, 2.05) is 26.2 Å². The molecule has 1 aromatic rings. The van der Waals surface area contributed by atoms with E-state index in [4.69, 9.17) is 16.2 Å². The maximum Gasteiger partial charge on any atom is 0.347 e. The molecule has 0 aliphatic heterocycles. The predicted octanol–water partition coefficient (Wildman–Crippen LogP) is 2.12. The molecule has 1 aromatic heterocycles. The zero-order valence-electron chi connectivity index (χ0n) is 11.0. The van der Waals surface area contributed by atoms with Crippen LogP contribution in [0.3, 0.4) is 0 Å². The van der Waals surface area contributed by atoms with Crippen LogP contribution < -0.4 is 11.5 Å². The van der Waals surface area contributed by atoms with Crippen molar-refractivity contribution in [3.05, 3.63) is 11.1 Å². The molecule has 0 saturated carbocycles. The molecule has 0 amide bonds. The summed E-state index contributed by atoms with van der Waals surface area (Å²) in [5, 5.41) is 2.25. The molecule has 0 fully saturated rings. The number of nitrogens with two attached hydrogens (primary N) is 2. The van der Waals surface area contributed by atoms with Gasteiger partial charge in [0.2, 0.25) is 0 Å². The third kappa shape index (κ3) is 5.24. The van der Waals surface area contributed by atoms with E-state index in [2.05, 4.69) is 4.98 Å². The Bertz CT molecular complexity index is 401. The van der Waals surface area contributed by atoms with Crippen LogP contribution in [0.5, 0.6) is 0 Å². The summed E-state index contributed by atoms with van der Waals surface area (Å²) < 4.78 is 5.41. The normalized spacial score (nSPS) is 14.3. The first kappa shape index (κ1) is 15.3. The standard InChI is InChI=1S/C11H21N3O2S2/c1-11(2,3)16-10(15)18(5-4-12)7-8-6-17-9(13)14-8/h6,18H,4-5,7,12H2,1-3H3,(H2,13,14). The zero-order chi connectivity index (χ0) is 13.8. The van der Waals surface area contributed by atoms with Crippen molar-refractivity contribution >= 4 is 32.7 Å². The van der Waals surface area contributed by atoms with Crippen LogP contribution in [-0.4, -0.2) is 28.2 Å². The smallest absolute Gasteiger partial charge is 0.347 e. The third-order valence-corrected chi connectivity index (χ3v) is 4.81. The quantitative estimate of drug-likeness (QED) is 0.584. The molecule has 7 heteroatoms. The van der Waals surface area contributed by atoms with Crippen molar-refractivity contribution in [2.45, 2.75) is 32.1 Å². The molecule has 1 rings (SSSR count). The lowest BCUT2D eigenvalue weighted by Crippen LogP contribution is -2.25. The molecular formula is C11H21N3O2S2. The van der Waals surface area contributed by atoms with Gasteiger partial charge in [-0.3, -0.25) is 0 Å². The molecule has 0 spiro atoms. The lowest BCUT2D eigenvalue weighted by Gasteiger charge is -2.25.